The summed E-state index contributed by atoms with van der Waals surface area (Å²) in [6, 6.07) is 3.39. The first kappa shape index (κ1) is 12.8. The van der Waals surface area contributed by atoms with E-state index in [0.717, 1.165) is 0 Å². The standard InChI is InChI=1S/C11H12BrNO3/c1-3-6-13(7-11(14)15)8(2)9-4-5-10(12)16-9/h1,4-5,8H,6-7H2,2H3,(H,14,15). The molecule has 0 aliphatic carbocycles. The molecular formula is C11H12BrNO3. The van der Waals surface area contributed by atoms with E-state index in [1.54, 1.807) is 17.0 Å². The zero-order valence-electron chi connectivity index (χ0n) is 8.81. The quantitative estimate of drug-likeness (QED) is 0.842. The number of aliphatic carboxylic acids is 1. The maximum atomic E-state index is 10.7. The van der Waals surface area contributed by atoms with Gasteiger partial charge in [0.15, 0.2) is 4.67 Å². The number of terminal acetylenes is 1. The average Bonchev–Trinajstić information content (AvgIpc) is 2.62. The van der Waals surface area contributed by atoms with Crippen LogP contribution in [-0.2, 0) is 4.79 Å². The number of nitrogens with zero attached hydrogens (tertiary/aromatic N) is 1. The van der Waals surface area contributed by atoms with Crippen LogP contribution < -0.4 is 0 Å². The van der Waals surface area contributed by atoms with Crippen molar-refractivity contribution in [1.29, 1.82) is 0 Å². The van der Waals surface area contributed by atoms with Gasteiger partial charge in [0.2, 0.25) is 0 Å². The van der Waals surface area contributed by atoms with Crippen molar-refractivity contribution in [2.24, 2.45) is 0 Å². The van der Waals surface area contributed by atoms with Gasteiger partial charge < -0.3 is 9.52 Å². The monoisotopic (exact) mass is 285 g/mol. The van der Waals surface area contributed by atoms with Crippen LogP contribution in [0.3, 0.4) is 0 Å². The van der Waals surface area contributed by atoms with Crippen LogP contribution in [0.2, 0.25) is 0 Å². The van der Waals surface area contributed by atoms with E-state index in [0.29, 0.717) is 10.4 Å². The van der Waals surface area contributed by atoms with Crippen molar-refractivity contribution in [3.05, 3.63) is 22.6 Å². The Morgan fingerprint density at radius 3 is 2.88 bits per heavy atom. The third-order valence-electron chi connectivity index (χ3n) is 2.19. The number of carboxylic acid groups (broad SMARTS) is 1. The van der Waals surface area contributed by atoms with E-state index >= 15 is 0 Å². The molecule has 1 N–H and O–H groups in total. The van der Waals surface area contributed by atoms with Crippen LogP contribution in [-0.4, -0.2) is 29.1 Å². The number of rotatable bonds is 5. The molecule has 0 amide bonds. The molecule has 1 unspecified atom stereocenters. The molecule has 1 atom stereocenters. The summed E-state index contributed by atoms with van der Waals surface area (Å²) in [5.74, 6) is 2.21. The normalized spacial score (nSPS) is 12.4. The summed E-state index contributed by atoms with van der Waals surface area (Å²) in [5.41, 5.74) is 0. The number of hydrogen-bond acceptors (Lipinski definition) is 3. The molecule has 1 aromatic rings. The summed E-state index contributed by atoms with van der Waals surface area (Å²) in [6.07, 6.45) is 5.20. The summed E-state index contributed by atoms with van der Waals surface area (Å²) < 4.78 is 5.98. The number of furan rings is 1. The Bertz CT molecular complexity index is 408. The zero-order chi connectivity index (χ0) is 12.1. The molecule has 1 rings (SSSR count). The van der Waals surface area contributed by atoms with Crippen molar-refractivity contribution in [3.8, 4) is 12.3 Å². The van der Waals surface area contributed by atoms with E-state index in [4.69, 9.17) is 15.9 Å². The zero-order valence-corrected chi connectivity index (χ0v) is 10.4. The Morgan fingerprint density at radius 2 is 2.44 bits per heavy atom. The van der Waals surface area contributed by atoms with Gasteiger partial charge in [-0.1, -0.05) is 5.92 Å². The molecule has 0 aromatic carbocycles. The highest BCUT2D eigenvalue weighted by Gasteiger charge is 2.20. The third kappa shape index (κ3) is 3.40. The molecule has 0 bridgehead atoms. The minimum Gasteiger partial charge on any atom is -0.480 e. The van der Waals surface area contributed by atoms with Crippen molar-refractivity contribution in [1.82, 2.24) is 4.90 Å². The van der Waals surface area contributed by atoms with Crippen molar-refractivity contribution in [2.45, 2.75) is 13.0 Å². The van der Waals surface area contributed by atoms with Gasteiger partial charge in [0.1, 0.15) is 5.76 Å². The summed E-state index contributed by atoms with van der Waals surface area (Å²) >= 11 is 3.20. The fraction of sp³-hybridized carbons (Fsp3) is 0.364. The Hall–Kier alpha value is -1.25. The first-order valence-electron chi connectivity index (χ1n) is 4.69. The van der Waals surface area contributed by atoms with E-state index in [9.17, 15) is 4.79 Å². The molecule has 1 aromatic heterocycles. The SMILES string of the molecule is C#CCN(CC(=O)O)C(C)c1ccc(Br)o1. The lowest BCUT2D eigenvalue weighted by Crippen LogP contribution is -2.32. The van der Waals surface area contributed by atoms with E-state index < -0.39 is 5.97 Å². The second kappa shape index (κ2) is 5.73. The molecule has 0 aliphatic heterocycles. The lowest BCUT2D eigenvalue weighted by atomic mass is 10.2. The molecule has 0 saturated carbocycles. The molecule has 0 radical (unpaired) electrons. The highest BCUT2D eigenvalue weighted by Crippen LogP contribution is 2.24. The van der Waals surface area contributed by atoms with Gasteiger partial charge in [-0.3, -0.25) is 9.69 Å². The van der Waals surface area contributed by atoms with Crippen LogP contribution >= 0.6 is 15.9 Å². The van der Waals surface area contributed by atoms with Gasteiger partial charge in [0.05, 0.1) is 19.1 Å². The van der Waals surface area contributed by atoms with Gasteiger partial charge >= 0.3 is 5.97 Å². The molecule has 86 valence electrons. The molecular weight excluding hydrogens is 274 g/mol. The molecule has 0 saturated heterocycles. The van der Waals surface area contributed by atoms with E-state index in [1.165, 1.54) is 0 Å². The highest BCUT2D eigenvalue weighted by atomic mass is 79.9. The van der Waals surface area contributed by atoms with Crippen molar-refractivity contribution in [2.75, 3.05) is 13.1 Å². The molecule has 0 aliphatic rings. The smallest absolute Gasteiger partial charge is 0.317 e. The summed E-state index contributed by atoms with van der Waals surface area (Å²) in [7, 11) is 0. The fourth-order valence-corrected chi connectivity index (χ4v) is 1.67. The van der Waals surface area contributed by atoms with Gasteiger partial charge in [-0.25, -0.2) is 0 Å². The Morgan fingerprint density at radius 1 is 1.75 bits per heavy atom. The van der Waals surface area contributed by atoms with Crippen LogP contribution in [0.1, 0.15) is 18.7 Å². The Kier molecular flexibility index (Phi) is 4.59. The van der Waals surface area contributed by atoms with Gasteiger partial charge in [-0.2, -0.15) is 0 Å². The first-order valence-corrected chi connectivity index (χ1v) is 5.48. The van der Waals surface area contributed by atoms with Crippen LogP contribution in [0.4, 0.5) is 0 Å². The van der Waals surface area contributed by atoms with Gasteiger partial charge in [-0.05, 0) is 35.0 Å². The summed E-state index contributed by atoms with van der Waals surface area (Å²) in [5, 5.41) is 8.76. The number of carbonyl (C=O) groups is 1. The summed E-state index contributed by atoms with van der Waals surface area (Å²) in [6.45, 7) is 2.01. The van der Waals surface area contributed by atoms with Crippen LogP contribution in [0.15, 0.2) is 21.2 Å². The third-order valence-corrected chi connectivity index (χ3v) is 2.61. The van der Waals surface area contributed by atoms with Crippen molar-refractivity contribution in [3.63, 3.8) is 0 Å². The predicted octanol–water partition coefficient (Wildman–Crippen LogP) is 2.12. The van der Waals surface area contributed by atoms with Crippen molar-refractivity contribution < 1.29 is 14.3 Å². The molecule has 16 heavy (non-hydrogen) atoms. The molecule has 0 spiro atoms. The first-order chi connectivity index (χ1) is 7.54. The minimum atomic E-state index is -0.910. The van der Waals surface area contributed by atoms with Crippen LogP contribution in [0, 0.1) is 12.3 Å². The van der Waals surface area contributed by atoms with Crippen LogP contribution in [0.25, 0.3) is 0 Å². The fourth-order valence-electron chi connectivity index (χ4n) is 1.35. The van der Waals surface area contributed by atoms with E-state index in [-0.39, 0.29) is 19.1 Å². The molecule has 1 heterocycles. The highest BCUT2D eigenvalue weighted by molar-refractivity contribution is 9.10. The van der Waals surface area contributed by atoms with E-state index in [1.807, 2.05) is 6.92 Å². The average molecular weight is 286 g/mol. The van der Waals surface area contributed by atoms with Gasteiger partial charge in [0.25, 0.3) is 0 Å². The largest absolute Gasteiger partial charge is 0.480 e. The lowest BCUT2D eigenvalue weighted by Gasteiger charge is -2.23. The maximum Gasteiger partial charge on any atom is 0.317 e. The number of carboxylic acids is 1. The molecule has 5 heteroatoms. The number of halogens is 1. The summed E-state index contributed by atoms with van der Waals surface area (Å²) in [4.78, 5) is 12.3. The minimum absolute atomic E-state index is 0.107. The van der Waals surface area contributed by atoms with Gasteiger partial charge in [0, 0.05) is 0 Å². The second-order valence-electron chi connectivity index (χ2n) is 3.32. The van der Waals surface area contributed by atoms with Gasteiger partial charge in [-0.15, -0.1) is 6.42 Å². The molecule has 4 nitrogen and oxygen atoms in total. The predicted molar refractivity (Wildman–Crippen MR) is 62.9 cm³/mol. The number of hydrogen-bond donors (Lipinski definition) is 1. The Labute approximate surface area is 102 Å². The lowest BCUT2D eigenvalue weighted by molar-refractivity contribution is -0.138. The Balaban J connectivity index is 2.78. The topological polar surface area (TPSA) is 53.7 Å². The van der Waals surface area contributed by atoms with Crippen molar-refractivity contribution >= 4 is 21.9 Å². The molecule has 0 fully saturated rings. The van der Waals surface area contributed by atoms with Crippen LogP contribution in [0.5, 0.6) is 0 Å². The maximum absolute atomic E-state index is 10.7. The second-order valence-corrected chi connectivity index (χ2v) is 4.10. The van der Waals surface area contributed by atoms with E-state index in [2.05, 4.69) is 21.9 Å².